The molecule has 2 N–H and O–H groups in total. The number of piperazine rings is 1. The number of carbonyl (C=O) groups is 2. The van der Waals surface area contributed by atoms with E-state index < -0.39 is 0 Å². The van der Waals surface area contributed by atoms with Crippen molar-refractivity contribution in [2.24, 2.45) is 0 Å². The van der Waals surface area contributed by atoms with Crippen molar-refractivity contribution in [3.05, 3.63) is 23.8 Å². The third-order valence-electron chi connectivity index (χ3n) is 4.00. The highest BCUT2D eigenvalue weighted by Crippen LogP contribution is 2.13. The molecule has 0 atom stereocenters. The van der Waals surface area contributed by atoms with Gasteiger partial charge in [-0.1, -0.05) is 6.08 Å². The highest BCUT2D eigenvalue weighted by atomic mass is 16.2. The summed E-state index contributed by atoms with van der Waals surface area (Å²) in [4.78, 5) is 27.9. The van der Waals surface area contributed by atoms with Gasteiger partial charge in [-0.15, -0.1) is 6.58 Å². The Kier molecular flexibility index (Phi) is 5.52. The highest BCUT2D eigenvalue weighted by Gasteiger charge is 2.25. The Morgan fingerprint density at radius 1 is 1.29 bits per heavy atom. The molecule has 0 radical (unpaired) electrons. The van der Waals surface area contributed by atoms with E-state index in [1.54, 1.807) is 6.08 Å². The molecule has 0 bridgehead atoms. The summed E-state index contributed by atoms with van der Waals surface area (Å²) in [6.45, 7) is 10.9. The van der Waals surface area contributed by atoms with Crippen LogP contribution in [0.15, 0.2) is 23.8 Å². The number of hydrogen-bond acceptors (Lipinski definition) is 4. The molecule has 2 amide bonds. The largest absolute Gasteiger partial charge is 0.352 e. The topological polar surface area (TPSA) is 64.7 Å². The lowest BCUT2D eigenvalue weighted by molar-refractivity contribution is -0.129. The fourth-order valence-electron chi connectivity index (χ4n) is 2.46. The Bertz CT molecular complexity index is 445. The molecular formula is C15H24N4O2. The van der Waals surface area contributed by atoms with E-state index in [0.717, 1.165) is 31.8 Å². The van der Waals surface area contributed by atoms with Gasteiger partial charge in [-0.25, -0.2) is 0 Å². The van der Waals surface area contributed by atoms with Gasteiger partial charge < -0.3 is 15.5 Å². The zero-order valence-corrected chi connectivity index (χ0v) is 12.7. The molecule has 2 saturated heterocycles. The van der Waals surface area contributed by atoms with Gasteiger partial charge in [0.2, 0.25) is 11.8 Å². The van der Waals surface area contributed by atoms with E-state index in [9.17, 15) is 9.59 Å². The molecule has 0 aliphatic carbocycles. The Balaban J connectivity index is 1.76. The molecule has 2 rings (SSSR count). The van der Waals surface area contributed by atoms with Gasteiger partial charge >= 0.3 is 0 Å². The van der Waals surface area contributed by atoms with Gasteiger partial charge in [-0.05, 0) is 12.5 Å². The summed E-state index contributed by atoms with van der Waals surface area (Å²) in [6.07, 6.45) is 1.67. The quantitative estimate of drug-likeness (QED) is 0.522. The van der Waals surface area contributed by atoms with Crippen LogP contribution in [0.5, 0.6) is 0 Å². The summed E-state index contributed by atoms with van der Waals surface area (Å²) in [5, 5.41) is 5.93. The second-order valence-electron chi connectivity index (χ2n) is 5.49. The Labute approximate surface area is 125 Å². The molecule has 0 aromatic heterocycles. The van der Waals surface area contributed by atoms with Crippen LogP contribution < -0.4 is 10.6 Å². The molecule has 2 aliphatic heterocycles. The lowest BCUT2D eigenvalue weighted by atomic mass is 10.0. The average molecular weight is 292 g/mol. The summed E-state index contributed by atoms with van der Waals surface area (Å²) < 4.78 is 0. The normalized spacial score (nSPS) is 18.9. The first kappa shape index (κ1) is 15.7. The van der Waals surface area contributed by atoms with E-state index in [1.807, 2.05) is 11.8 Å². The SMILES string of the molecule is C=CCNC(=O)CN1CCN(C(=O)C(C)=C2CNC2)CC1. The van der Waals surface area contributed by atoms with E-state index in [-0.39, 0.29) is 11.8 Å². The van der Waals surface area contributed by atoms with E-state index in [1.165, 1.54) is 5.57 Å². The molecule has 116 valence electrons. The lowest BCUT2D eigenvalue weighted by Crippen LogP contribution is -2.51. The zero-order valence-electron chi connectivity index (χ0n) is 12.7. The first-order valence-electron chi connectivity index (χ1n) is 7.40. The molecule has 0 unspecified atom stereocenters. The van der Waals surface area contributed by atoms with Crippen molar-refractivity contribution in [1.82, 2.24) is 20.4 Å². The Morgan fingerprint density at radius 2 is 1.95 bits per heavy atom. The monoisotopic (exact) mass is 292 g/mol. The van der Waals surface area contributed by atoms with Crippen LogP contribution in [0.3, 0.4) is 0 Å². The molecule has 0 aromatic carbocycles. The molecule has 2 heterocycles. The van der Waals surface area contributed by atoms with Crippen LogP contribution in [-0.4, -0.2) is 74.0 Å². The average Bonchev–Trinajstić information content (AvgIpc) is 2.43. The van der Waals surface area contributed by atoms with Crippen LogP contribution in [0.1, 0.15) is 6.92 Å². The minimum atomic E-state index is 0.00789. The van der Waals surface area contributed by atoms with Crippen LogP contribution >= 0.6 is 0 Å². The summed E-state index contributed by atoms with van der Waals surface area (Å²) in [6, 6.07) is 0. The van der Waals surface area contributed by atoms with E-state index in [2.05, 4.69) is 22.1 Å². The molecule has 6 heteroatoms. The third-order valence-corrected chi connectivity index (χ3v) is 4.00. The minimum absolute atomic E-state index is 0.00789. The van der Waals surface area contributed by atoms with Gasteiger partial charge in [0.25, 0.3) is 0 Å². The predicted octanol–water partition coefficient (Wildman–Crippen LogP) is -0.647. The van der Waals surface area contributed by atoms with Gasteiger partial charge in [0.15, 0.2) is 0 Å². The van der Waals surface area contributed by atoms with Crippen LogP contribution in [-0.2, 0) is 9.59 Å². The van der Waals surface area contributed by atoms with E-state index >= 15 is 0 Å². The smallest absolute Gasteiger partial charge is 0.249 e. The number of hydrogen-bond donors (Lipinski definition) is 2. The van der Waals surface area contributed by atoms with Crippen molar-refractivity contribution >= 4 is 11.8 Å². The molecule has 21 heavy (non-hydrogen) atoms. The zero-order chi connectivity index (χ0) is 15.2. The van der Waals surface area contributed by atoms with Gasteiger partial charge in [-0.2, -0.15) is 0 Å². The first-order valence-corrected chi connectivity index (χ1v) is 7.40. The maximum absolute atomic E-state index is 12.3. The van der Waals surface area contributed by atoms with Gasteiger partial charge in [0.05, 0.1) is 6.54 Å². The first-order chi connectivity index (χ1) is 10.1. The van der Waals surface area contributed by atoms with Crippen LogP contribution in [0.25, 0.3) is 0 Å². The van der Waals surface area contributed by atoms with Crippen molar-refractivity contribution in [1.29, 1.82) is 0 Å². The van der Waals surface area contributed by atoms with Crippen LogP contribution in [0.4, 0.5) is 0 Å². The summed E-state index contributed by atoms with van der Waals surface area (Å²) in [7, 11) is 0. The standard InChI is InChI=1S/C15H24N4O2/c1-3-4-17-14(20)11-18-5-7-19(8-6-18)15(21)12(2)13-9-16-10-13/h3,16H,1,4-11H2,2H3,(H,17,20). The fraction of sp³-hybridized carbons (Fsp3) is 0.600. The summed E-state index contributed by atoms with van der Waals surface area (Å²) in [5.41, 5.74) is 2.09. The Morgan fingerprint density at radius 3 is 2.48 bits per heavy atom. The van der Waals surface area contributed by atoms with Gasteiger partial charge in [0, 0.05) is 51.4 Å². The van der Waals surface area contributed by atoms with Crippen molar-refractivity contribution in [2.45, 2.75) is 6.92 Å². The molecule has 2 fully saturated rings. The van der Waals surface area contributed by atoms with Gasteiger partial charge in [-0.3, -0.25) is 14.5 Å². The predicted molar refractivity (Wildman–Crippen MR) is 81.8 cm³/mol. The number of amides is 2. The highest BCUT2D eigenvalue weighted by molar-refractivity contribution is 5.94. The summed E-state index contributed by atoms with van der Waals surface area (Å²) in [5.74, 6) is 0.149. The third kappa shape index (κ3) is 4.15. The second-order valence-corrected chi connectivity index (χ2v) is 5.49. The second kappa shape index (κ2) is 7.38. The van der Waals surface area contributed by atoms with Crippen LogP contribution in [0, 0.1) is 0 Å². The van der Waals surface area contributed by atoms with Crippen molar-refractivity contribution in [2.75, 3.05) is 52.4 Å². The van der Waals surface area contributed by atoms with Gasteiger partial charge in [0.1, 0.15) is 0 Å². The summed E-state index contributed by atoms with van der Waals surface area (Å²) >= 11 is 0. The minimum Gasteiger partial charge on any atom is -0.352 e. The maximum Gasteiger partial charge on any atom is 0.249 e. The van der Waals surface area contributed by atoms with Crippen molar-refractivity contribution in [3.8, 4) is 0 Å². The molecule has 2 aliphatic rings. The fourth-order valence-corrected chi connectivity index (χ4v) is 2.46. The number of rotatable bonds is 5. The number of carbonyl (C=O) groups excluding carboxylic acids is 2. The van der Waals surface area contributed by atoms with Crippen LogP contribution in [0.2, 0.25) is 0 Å². The lowest BCUT2D eigenvalue weighted by Gasteiger charge is -2.35. The van der Waals surface area contributed by atoms with Crippen molar-refractivity contribution < 1.29 is 9.59 Å². The number of nitrogens with one attached hydrogen (secondary N) is 2. The van der Waals surface area contributed by atoms with E-state index in [4.69, 9.17) is 0 Å². The molecular weight excluding hydrogens is 268 g/mol. The molecule has 6 nitrogen and oxygen atoms in total. The Hall–Kier alpha value is -1.66. The molecule has 0 aromatic rings. The van der Waals surface area contributed by atoms with Crippen molar-refractivity contribution in [3.63, 3.8) is 0 Å². The molecule has 0 spiro atoms. The molecule has 0 saturated carbocycles. The maximum atomic E-state index is 12.3. The van der Waals surface area contributed by atoms with E-state index in [0.29, 0.717) is 26.2 Å². The number of nitrogens with zero attached hydrogens (tertiary/aromatic N) is 2.